The Labute approximate surface area is 146 Å². The maximum absolute atomic E-state index is 12.4. The van der Waals surface area contributed by atoms with Gasteiger partial charge in [-0.25, -0.2) is 4.79 Å². The van der Waals surface area contributed by atoms with E-state index in [0.29, 0.717) is 30.4 Å². The molecule has 3 aliphatic heterocycles. The molecule has 0 saturated carbocycles. The standard InChI is InChI=1S/C14H24N4O6S/c19-13(16-8-5-10-3-6-15-7-4-10)12-2-1-11-9-17(12)14(20)18(11)24-25(21,22)23/h10-12,15H,1-9H2,(H,16,19)(H,21,22,23)/t11-,12+/m1/s1. The second-order valence-electron chi connectivity index (χ2n) is 6.78. The summed E-state index contributed by atoms with van der Waals surface area (Å²) in [6.45, 7) is 2.79. The quantitative estimate of drug-likeness (QED) is 0.533. The highest BCUT2D eigenvalue weighted by atomic mass is 32.3. The van der Waals surface area contributed by atoms with Crippen LogP contribution in [0.15, 0.2) is 0 Å². The minimum atomic E-state index is -4.77. The van der Waals surface area contributed by atoms with Crippen LogP contribution >= 0.6 is 0 Å². The number of amides is 3. The first-order valence-electron chi connectivity index (χ1n) is 8.60. The van der Waals surface area contributed by atoms with Crippen LogP contribution in [0.4, 0.5) is 4.79 Å². The van der Waals surface area contributed by atoms with Gasteiger partial charge in [-0.1, -0.05) is 0 Å². The normalized spacial score (nSPS) is 27.6. The smallest absolute Gasteiger partial charge is 0.354 e. The molecule has 0 spiro atoms. The molecule has 25 heavy (non-hydrogen) atoms. The van der Waals surface area contributed by atoms with E-state index in [1.54, 1.807) is 0 Å². The summed E-state index contributed by atoms with van der Waals surface area (Å²) in [5.74, 6) is 0.374. The summed E-state index contributed by atoms with van der Waals surface area (Å²) >= 11 is 0. The van der Waals surface area contributed by atoms with Gasteiger partial charge in [0.1, 0.15) is 6.04 Å². The lowest BCUT2D eigenvalue weighted by Crippen LogP contribution is -2.50. The molecule has 0 aliphatic carbocycles. The Kier molecular flexibility index (Phi) is 5.46. The maximum Gasteiger partial charge on any atom is 0.418 e. The predicted octanol–water partition coefficient (Wildman–Crippen LogP) is -0.505. The van der Waals surface area contributed by atoms with Crippen LogP contribution in [-0.4, -0.2) is 73.1 Å². The van der Waals surface area contributed by atoms with Crippen LogP contribution in [0.2, 0.25) is 0 Å². The minimum Gasteiger partial charge on any atom is -0.354 e. The van der Waals surface area contributed by atoms with Gasteiger partial charge in [0.25, 0.3) is 0 Å². The van der Waals surface area contributed by atoms with Gasteiger partial charge in [-0.3, -0.25) is 9.35 Å². The first kappa shape index (κ1) is 18.4. The molecule has 3 amide bonds. The van der Waals surface area contributed by atoms with Gasteiger partial charge in [0.05, 0.1) is 6.04 Å². The van der Waals surface area contributed by atoms with E-state index in [-0.39, 0.29) is 12.5 Å². The van der Waals surface area contributed by atoms with Crippen molar-refractivity contribution in [3.05, 3.63) is 0 Å². The van der Waals surface area contributed by atoms with E-state index in [9.17, 15) is 18.0 Å². The van der Waals surface area contributed by atoms with Gasteiger partial charge in [-0.05, 0) is 51.1 Å². The van der Waals surface area contributed by atoms with E-state index in [0.717, 1.165) is 32.4 Å². The first-order valence-corrected chi connectivity index (χ1v) is 9.97. The number of carbonyl (C=O) groups excluding carboxylic acids is 2. The molecule has 0 aromatic carbocycles. The largest absolute Gasteiger partial charge is 0.418 e. The van der Waals surface area contributed by atoms with Crippen molar-refractivity contribution in [1.29, 1.82) is 0 Å². The molecule has 0 radical (unpaired) electrons. The van der Waals surface area contributed by atoms with E-state index < -0.39 is 28.5 Å². The van der Waals surface area contributed by atoms with Crippen molar-refractivity contribution in [3.63, 3.8) is 0 Å². The number of hydroxylamine groups is 2. The molecule has 3 fully saturated rings. The summed E-state index contributed by atoms with van der Waals surface area (Å²) in [7, 11) is -4.77. The Morgan fingerprint density at radius 2 is 2.00 bits per heavy atom. The number of fused-ring (bicyclic) bond motifs is 2. The fraction of sp³-hybridized carbons (Fsp3) is 0.857. The summed E-state index contributed by atoms with van der Waals surface area (Å²) < 4.78 is 34.9. The topological polar surface area (TPSA) is 128 Å². The van der Waals surface area contributed by atoms with Crippen LogP contribution in [0, 0.1) is 5.92 Å². The molecule has 0 aromatic heterocycles. The fourth-order valence-electron chi connectivity index (χ4n) is 3.79. The SMILES string of the molecule is O=C(NCCC1CCNCC1)[C@@H]1CC[C@@H]2CN1C(=O)N2OS(=O)(=O)O. The molecule has 3 heterocycles. The summed E-state index contributed by atoms with van der Waals surface area (Å²) in [6.07, 6.45) is 3.99. The molecule has 3 N–H and O–H groups in total. The molecule has 11 heteroatoms. The Bertz CT molecular complexity index is 621. The van der Waals surface area contributed by atoms with Crippen LogP contribution in [0.5, 0.6) is 0 Å². The Hall–Kier alpha value is -1.43. The first-order chi connectivity index (χ1) is 11.8. The number of hydrogen-bond acceptors (Lipinski definition) is 6. The third-order valence-corrected chi connectivity index (χ3v) is 5.46. The lowest BCUT2D eigenvalue weighted by molar-refractivity contribution is -0.126. The highest BCUT2D eigenvalue weighted by Crippen LogP contribution is 2.30. The fourth-order valence-corrected chi connectivity index (χ4v) is 4.18. The summed E-state index contributed by atoms with van der Waals surface area (Å²) in [6, 6.07) is -1.82. The van der Waals surface area contributed by atoms with E-state index >= 15 is 0 Å². The molecule has 2 atom stereocenters. The molecule has 3 saturated heterocycles. The van der Waals surface area contributed by atoms with E-state index in [1.807, 2.05) is 0 Å². The zero-order valence-electron chi connectivity index (χ0n) is 13.9. The van der Waals surface area contributed by atoms with Gasteiger partial charge in [0, 0.05) is 13.1 Å². The summed E-state index contributed by atoms with van der Waals surface area (Å²) in [5.41, 5.74) is 0. The van der Waals surface area contributed by atoms with E-state index in [2.05, 4.69) is 14.9 Å². The highest BCUT2D eigenvalue weighted by Gasteiger charge is 2.49. The third-order valence-electron chi connectivity index (χ3n) is 5.11. The average Bonchev–Trinajstić information content (AvgIpc) is 2.79. The third kappa shape index (κ3) is 4.40. The molecule has 142 valence electrons. The number of nitrogens with one attached hydrogen (secondary N) is 2. The van der Waals surface area contributed by atoms with Crippen molar-refractivity contribution >= 4 is 22.3 Å². The maximum atomic E-state index is 12.4. The summed E-state index contributed by atoms with van der Waals surface area (Å²) in [4.78, 5) is 26.0. The predicted molar refractivity (Wildman–Crippen MR) is 86.6 cm³/mol. The zero-order chi connectivity index (χ0) is 18.0. The zero-order valence-corrected chi connectivity index (χ0v) is 14.7. The molecule has 3 rings (SSSR count). The van der Waals surface area contributed by atoms with Crippen molar-refractivity contribution in [3.8, 4) is 0 Å². The van der Waals surface area contributed by atoms with Crippen molar-refractivity contribution < 1.29 is 26.8 Å². The summed E-state index contributed by atoms with van der Waals surface area (Å²) in [5, 5.41) is 6.84. The number of carbonyl (C=O) groups is 2. The van der Waals surface area contributed by atoms with Crippen LogP contribution in [0.25, 0.3) is 0 Å². The molecule has 10 nitrogen and oxygen atoms in total. The van der Waals surface area contributed by atoms with Gasteiger partial charge in [-0.15, -0.1) is 4.28 Å². The van der Waals surface area contributed by atoms with Gasteiger partial charge >= 0.3 is 16.4 Å². The van der Waals surface area contributed by atoms with Crippen LogP contribution in [-0.2, 0) is 19.5 Å². The molecule has 0 aromatic rings. The molecule has 0 unspecified atom stereocenters. The average molecular weight is 376 g/mol. The van der Waals surface area contributed by atoms with Crippen molar-refractivity contribution in [2.45, 2.75) is 44.2 Å². The van der Waals surface area contributed by atoms with Crippen LogP contribution < -0.4 is 10.6 Å². The molecule has 2 bridgehead atoms. The molecule has 3 aliphatic rings. The van der Waals surface area contributed by atoms with Crippen molar-refractivity contribution in [2.75, 3.05) is 26.2 Å². The Morgan fingerprint density at radius 1 is 1.28 bits per heavy atom. The van der Waals surface area contributed by atoms with Crippen molar-refractivity contribution in [2.24, 2.45) is 5.92 Å². The second-order valence-corrected chi connectivity index (χ2v) is 7.79. The van der Waals surface area contributed by atoms with E-state index in [4.69, 9.17) is 4.55 Å². The molecular formula is C14H24N4O6S. The lowest BCUT2D eigenvalue weighted by atomic mass is 9.94. The number of piperidine rings is 2. The van der Waals surface area contributed by atoms with Gasteiger partial charge < -0.3 is 15.5 Å². The van der Waals surface area contributed by atoms with Gasteiger partial charge in [-0.2, -0.15) is 13.5 Å². The van der Waals surface area contributed by atoms with Crippen LogP contribution in [0.1, 0.15) is 32.1 Å². The highest BCUT2D eigenvalue weighted by molar-refractivity contribution is 7.80. The molecular weight excluding hydrogens is 352 g/mol. The van der Waals surface area contributed by atoms with Crippen LogP contribution in [0.3, 0.4) is 0 Å². The monoisotopic (exact) mass is 376 g/mol. The Morgan fingerprint density at radius 3 is 2.68 bits per heavy atom. The number of urea groups is 1. The second kappa shape index (κ2) is 7.44. The van der Waals surface area contributed by atoms with E-state index in [1.165, 1.54) is 4.90 Å². The van der Waals surface area contributed by atoms with Gasteiger partial charge in [0.15, 0.2) is 0 Å². The number of hydrogen-bond donors (Lipinski definition) is 3. The minimum absolute atomic E-state index is 0.209. The van der Waals surface area contributed by atoms with Crippen molar-refractivity contribution in [1.82, 2.24) is 20.6 Å². The van der Waals surface area contributed by atoms with Gasteiger partial charge in [0.2, 0.25) is 5.91 Å². The Balaban J connectivity index is 1.51. The number of rotatable bonds is 6. The number of nitrogens with zero attached hydrogens (tertiary/aromatic N) is 2. The lowest BCUT2D eigenvalue weighted by Gasteiger charge is -2.29.